The van der Waals surface area contributed by atoms with Crippen LogP contribution in [0.2, 0.25) is 5.02 Å². The van der Waals surface area contributed by atoms with Gasteiger partial charge in [0.2, 0.25) is 5.91 Å². The van der Waals surface area contributed by atoms with E-state index >= 15 is 0 Å². The average Bonchev–Trinajstić information content (AvgIpc) is 3.12. The van der Waals surface area contributed by atoms with Crippen molar-refractivity contribution in [2.45, 2.75) is 32.7 Å². The number of fused-ring (bicyclic) bond motifs is 1. The van der Waals surface area contributed by atoms with Gasteiger partial charge in [-0.2, -0.15) is 0 Å². The maximum atomic E-state index is 12.2. The summed E-state index contributed by atoms with van der Waals surface area (Å²) >= 11 is 5.90. The van der Waals surface area contributed by atoms with Crippen LogP contribution in [-0.4, -0.2) is 22.0 Å². The average molecular weight is 432 g/mol. The topological polar surface area (TPSA) is 46.9 Å². The van der Waals surface area contributed by atoms with Crippen LogP contribution in [0.5, 0.6) is 0 Å². The molecule has 1 N–H and O–H groups in total. The third-order valence-electron chi connectivity index (χ3n) is 5.37. The maximum absolute atomic E-state index is 12.2. The molecule has 3 aromatic carbocycles. The molecule has 0 unspecified atom stereocenters. The lowest BCUT2D eigenvalue weighted by Gasteiger charge is -2.10. The molecule has 0 atom stereocenters. The fraction of sp³-hybridized carbons (Fsp3) is 0.231. The van der Waals surface area contributed by atoms with Crippen molar-refractivity contribution >= 4 is 28.5 Å². The van der Waals surface area contributed by atoms with Gasteiger partial charge in [0.15, 0.2) is 0 Å². The number of imidazole rings is 1. The number of rotatable bonds is 8. The Labute approximate surface area is 187 Å². The highest BCUT2D eigenvalue weighted by atomic mass is 35.5. The Morgan fingerprint density at radius 2 is 1.68 bits per heavy atom. The lowest BCUT2D eigenvalue weighted by Crippen LogP contribution is -2.26. The van der Waals surface area contributed by atoms with Crippen molar-refractivity contribution in [3.63, 3.8) is 0 Å². The van der Waals surface area contributed by atoms with E-state index in [1.165, 1.54) is 11.1 Å². The molecule has 4 nitrogen and oxygen atoms in total. The second kappa shape index (κ2) is 9.80. The minimum absolute atomic E-state index is 0.0236. The first-order chi connectivity index (χ1) is 15.1. The number of hydrogen-bond acceptors (Lipinski definition) is 2. The summed E-state index contributed by atoms with van der Waals surface area (Å²) in [5.41, 5.74) is 5.63. The summed E-state index contributed by atoms with van der Waals surface area (Å²) in [4.78, 5) is 17.1. The molecular weight excluding hydrogens is 406 g/mol. The summed E-state index contributed by atoms with van der Waals surface area (Å²) in [6.07, 6.45) is 2.01. The maximum Gasteiger partial charge on any atom is 0.224 e. The van der Waals surface area contributed by atoms with Crippen molar-refractivity contribution in [2.75, 3.05) is 6.54 Å². The van der Waals surface area contributed by atoms with Gasteiger partial charge in [-0.1, -0.05) is 65.7 Å². The number of benzene rings is 3. The Balaban J connectivity index is 1.38. The summed E-state index contributed by atoms with van der Waals surface area (Å²) in [6.45, 7) is 3.52. The molecule has 0 bridgehead atoms. The van der Waals surface area contributed by atoms with Crippen LogP contribution in [0.1, 0.15) is 28.9 Å². The summed E-state index contributed by atoms with van der Waals surface area (Å²) in [7, 11) is 0. The summed E-state index contributed by atoms with van der Waals surface area (Å²) in [5, 5.41) is 3.69. The van der Waals surface area contributed by atoms with Gasteiger partial charge >= 0.3 is 0 Å². The molecule has 158 valence electrons. The molecule has 1 heterocycles. The van der Waals surface area contributed by atoms with Crippen LogP contribution < -0.4 is 5.32 Å². The van der Waals surface area contributed by atoms with Crippen molar-refractivity contribution in [3.8, 4) is 0 Å². The van der Waals surface area contributed by atoms with E-state index in [4.69, 9.17) is 16.6 Å². The molecule has 0 fully saturated rings. The standard InChI is InChI=1S/C26H26ClN3O/c1-19-8-10-21(11-9-19)18-30-24-6-3-2-5-23(24)29-25(30)7-4-16-28-26(31)17-20-12-14-22(27)15-13-20/h2-3,5-6,8-15H,4,7,16-18H2,1H3,(H,28,31). The molecule has 1 amide bonds. The van der Waals surface area contributed by atoms with Crippen LogP contribution in [-0.2, 0) is 24.2 Å². The predicted molar refractivity (Wildman–Crippen MR) is 127 cm³/mol. The van der Waals surface area contributed by atoms with E-state index in [1.807, 2.05) is 30.3 Å². The molecule has 0 saturated heterocycles. The van der Waals surface area contributed by atoms with Gasteiger partial charge in [0, 0.05) is 24.5 Å². The van der Waals surface area contributed by atoms with Gasteiger partial charge in [-0.3, -0.25) is 4.79 Å². The number of hydrogen-bond donors (Lipinski definition) is 1. The van der Waals surface area contributed by atoms with Crippen molar-refractivity contribution in [1.82, 2.24) is 14.9 Å². The third-order valence-corrected chi connectivity index (χ3v) is 5.62. The minimum Gasteiger partial charge on any atom is -0.356 e. The van der Waals surface area contributed by atoms with Crippen LogP contribution >= 0.6 is 11.6 Å². The van der Waals surface area contributed by atoms with Crippen LogP contribution in [0.15, 0.2) is 72.8 Å². The zero-order valence-corrected chi connectivity index (χ0v) is 18.4. The van der Waals surface area contributed by atoms with Crippen LogP contribution in [0, 0.1) is 6.92 Å². The molecule has 1 aromatic heterocycles. The highest BCUT2D eigenvalue weighted by Gasteiger charge is 2.11. The smallest absolute Gasteiger partial charge is 0.224 e. The molecule has 0 aliphatic rings. The van der Waals surface area contributed by atoms with Gasteiger partial charge in [-0.15, -0.1) is 0 Å². The van der Waals surface area contributed by atoms with Gasteiger partial charge < -0.3 is 9.88 Å². The largest absolute Gasteiger partial charge is 0.356 e. The number of amides is 1. The molecule has 5 heteroatoms. The number of aromatic nitrogens is 2. The molecule has 0 saturated carbocycles. The lowest BCUT2D eigenvalue weighted by molar-refractivity contribution is -0.120. The first-order valence-electron chi connectivity index (χ1n) is 10.6. The molecule has 0 aliphatic carbocycles. The Morgan fingerprint density at radius 1 is 0.968 bits per heavy atom. The molecule has 0 aliphatic heterocycles. The Hall–Kier alpha value is -3.11. The van der Waals surface area contributed by atoms with E-state index in [9.17, 15) is 4.79 Å². The predicted octanol–water partition coefficient (Wildman–Crippen LogP) is 5.34. The normalized spacial score (nSPS) is 11.0. The minimum atomic E-state index is 0.0236. The Bertz CT molecular complexity index is 1160. The lowest BCUT2D eigenvalue weighted by atomic mass is 10.1. The number of carbonyl (C=O) groups is 1. The first-order valence-corrected chi connectivity index (χ1v) is 11.0. The highest BCUT2D eigenvalue weighted by molar-refractivity contribution is 6.30. The van der Waals surface area contributed by atoms with Crippen LogP contribution in [0.3, 0.4) is 0 Å². The van der Waals surface area contributed by atoms with E-state index in [2.05, 4.69) is 59.3 Å². The Morgan fingerprint density at radius 3 is 2.45 bits per heavy atom. The summed E-state index contributed by atoms with van der Waals surface area (Å²) < 4.78 is 2.29. The number of para-hydroxylation sites is 2. The van der Waals surface area contributed by atoms with Gasteiger partial charge in [0.05, 0.1) is 17.5 Å². The Kier molecular flexibility index (Phi) is 6.68. The zero-order chi connectivity index (χ0) is 21.6. The number of aryl methyl sites for hydroxylation is 2. The number of halogens is 1. The molecule has 4 rings (SSSR count). The molecule has 0 spiro atoms. The number of nitrogens with one attached hydrogen (secondary N) is 1. The number of nitrogens with zero attached hydrogens (tertiary/aromatic N) is 2. The van der Waals surface area contributed by atoms with Crippen molar-refractivity contribution in [1.29, 1.82) is 0 Å². The van der Waals surface area contributed by atoms with Gasteiger partial charge in [0.25, 0.3) is 0 Å². The van der Waals surface area contributed by atoms with Crippen LogP contribution in [0.25, 0.3) is 11.0 Å². The van der Waals surface area contributed by atoms with Crippen molar-refractivity contribution < 1.29 is 4.79 Å². The van der Waals surface area contributed by atoms with E-state index in [-0.39, 0.29) is 5.91 Å². The second-order valence-electron chi connectivity index (χ2n) is 7.85. The summed E-state index contributed by atoms with van der Waals surface area (Å²) in [6, 6.07) is 24.3. The van der Waals surface area contributed by atoms with Crippen LogP contribution in [0.4, 0.5) is 0 Å². The van der Waals surface area contributed by atoms with E-state index < -0.39 is 0 Å². The fourth-order valence-corrected chi connectivity index (χ4v) is 3.82. The third kappa shape index (κ3) is 5.53. The monoisotopic (exact) mass is 431 g/mol. The van der Waals surface area contributed by atoms with E-state index in [0.717, 1.165) is 41.8 Å². The van der Waals surface area contributed by atoms with Crippen molar-refractivity contribution in [3.05, 3.63) is 100 Å². The van der Waals surface area contributed by atoms with Gasteiger partial charge in [0.1, 0.15) is 5.82 Å². The second-order valence-corrected chi connectivity index (χ2v) is 8.28. The quantitative estimate of drug-likeness (QED) is 0.383. The van der Waals surface area contributed by atoms with Crippen molar-refractivity contribution in [2.24, 2.45) is 0 Å². The van der Waals surface area contributed by atoms with E-state index in [0.29, 0.717) is 18.0 Å². The van der Waals surface area contributed by atoms with Gasteiger partial charge in [-0.25, -0.2) is 4.98 Å². The molecule has 31 heavy (non-hydrogen) atoms. The molecule has 0 radical (unpaired) electrons. The molecule has 4 aromatic rings. The fourth-order valence-electron chi connectivity index (χ4n) is 3.69. The highest BCUT2D eigenvalue weighted by Crippen LogP contribution is 2.19. The zero-order valence-electron chi connectivity index (χ0n) is 17.6. The first kappa shape index (κ1) is 21.1. The SMILES string of the molecule is Cc1ccc(Cn2c(CCCNC(=O)Cc3ccc(Cl)cc3)nc3ccccc32)cc1. The summed E-state index contributed by atoms with van der Waals surface area (Å²) in [5.74, 6) is 1.07. The molecular formula is C26H26ClN3O. The van der Waals surface area contributed by atoms with Gasteiger partial charge in [-0.05, 0) is 48.7 Å². The number of carbonyl (C=O) groups excluding carboxylic acids is 1. The van der Waals surface area contributed by atoms with E-state index in [1.54, 1.807) is 0 Å².